The zero-order valence-corrected chi connectivity index (χ0v) is 16.9. The van der Waals surface area contributed by atoms with Crippen LogP contribution in [0.3, 0.4) is 0 Å². The Morgan fingerprint density at radius 2 is 2.04 bits per heavy atom. The summed E-state index contributed by atoms with van der Waals surface area (Å²) in [6, 6.07) is 9.30. The number of thiophene rings is 1. The minimum absolute atomic E-state index is 0.102. The van der Waals surface area contributed by atoms with E-state index in [1.54, 1.807) is 11.3 Å². The Morgan fingerprint density at radius 1 is 1.21 bits per heavy atom. The van der Waals surface area contributed by atoms with Crippen molar-refractivity contribution in [2.45, 2.75) is 19.3 Å². The topological polar surface area (TPSA) is 80.5 Å². The highest BCUT2D eigenvalue weighted by Crippen LogP contribution is 2.21. The Morgan fingerprint density at radius 3 is 2.75 bits per heavy atom. The fraction of sp³-hybridized carbons (Fsp3) is 0.350. The molecular formula is C20H24N4O3S. The van der Waals surface area contributed by atoms with Crippen molar-refractivity contribution >= 4 is 22.9 Å². The quantitative estimate of drug-likeness (QED) is 0.523. The normalized spacial score (nSPS) is 11.0. The lowest BCUT2D eigenvalue weighted by Gasteiger charge is -2.11. The van der Waals surface area contributed by atoms with E-state index in [-0.39, 0.29) is 12.3 Å². The van der Waals surface area contributed by atoms with Crippen molar-refractivity contribution in [1.82, 2.24) is 15.1 Å². The maximum Gasteiger partial charge on any atom is 0.248 e. The summed E-state index contributed by atoms with van der Waals surface area (Å²) in [7, 11) is 4.08. The molecular weight excluding hydrogens is 376 g/mol. The predicted octanol–water partition coefficient (Wildman–Crippen LogP) is 3.70. The number of anilines is 1. The third-order valence-corrected chi connectivity index (χ3v) is 4.64. The molecule has 0 aliphatic rings. The molecule has 0 unspecified atom stereocenters. The fourth-order valence-corrected chi connectivity index (χ4v) is 3.14. The number of carbonyl (C=O) groups excluding carboxylic acids is 1. The van der Waals surface area contributed by atoms with Crippen molar-refractivity contribution in [2.24, 2.45) is 0 Å². The van der Waals surface area contributed by atoms with E-state index in [9.17, 15) is 4.79 Å². The minimum atomic E-state index is -0.102. The lowest BCUT2D eigenvalue weighted by Crippen LogP contribution is -2.15. The number of carbonyl (C=O) groups is 1. The SMILES string of the molecule is CN(C)CCCOc1ccc(NC(=O)CCc2nnc(-c3ccsc3)o2)cc1. The van der Waals surface area contributed by atoms with Gasteiger partial charge in [-0.15, -0.1) is 10.2 Å². The van der Waals surface area contributed by atoms with Crippen molar-refractivity contribution in [3.05, 3.63) is 47.0 Å². The summed E-state index contributed by atoms with van der Waals surface area (Å²) in [6.45, 7) is 1.66. The molecule has 0 aliphatic carbocycles. The molecule has 0 bridgehead atoms. The van der Waals surface area contributed by atoms with Crippen LogP contribution in [0.15, 0.2) is 45.5 Å². The highest BCUT2D eigenvalue weighted by atomic mass is 32.1. The van der Waals surface area contributed by atoms with Gasteiger partial charge in [-0.1, -0.05) is 0 Å². The molecule has 148 valence electrons. The van der Waals surface area contributed by atoms with E-state index in [1.165, 1.54) is 0 Å². The number of benzene rings is 1. The number of hydrogen-bond acceptors (Lipinski definition) is 7. The van der Waals surface area contributed by atoms with Crippen molar-refractivity contribution in [3.8, 4) is 17.2 Å². The minimum Gasteiger partial charge on any atom is -0.494 e. The van der Waals surface area contributed by atoms with Crippen LogP contribution in [0.2, 0.25) is 0 Å². The molecule has 3 rings (SSSR count). The molecule has 0 saturated carbocycles. The maximum atomic E-state index is 12.1. The van der Waals surface area contributed by atoms with E-state index >= 15 is 0 Å². The average molecular weight is 401 g/mol. The molecule has 2 aromatic heterocycles. The highest BCUT2D eigenvalue weighted by molar-refractivity contribution is 7.08. The number of nitrogens with zero attached hydrogens (tertiary/aromatic N) is 3. The molecule has 8 heteroatoms. The zero-order chi connectivity index (χ0) is 19.8. The van der Waals surface area contributed by atoms with Crippen LogP contribution in [0, 0.1) is 0 Å². The standard InChI is InChI=1S/C20H24N4O3S/c1-24(2)11-3-12-26-17-6-4-16(5-7-17)21-18(25)8-9-19-22-23-20(27-19)15-10-13-28-14-15/h4-7,10,13-14H,3,8-9,11-12H2,1-2H3,(H,21,25). The molecule has 1 aromatic carbocycles. The first-order valence-corrected chi connectivity index (χ1v) is 10.1. The third kappa shape index (κ3) is 6.17. The number of hydrogen-bond donors (Lipinski definition) is 1. The van der Waals surface area contributed by atoms with Crippen molar-refractivity contribution in [1.29, 1.82) is 0 Å². The first kappa shape index (κ1) is 20.0. The number of amides is 1. The summed E-state index contributed by atoms with van der Waals surface area (Å²) in [5.74, 6) is 1.63. The Hall–Kier alpha value is -2.71. The molecule has 7 nitrogen and oxygen atoms in total. The van der Waals surface area contributed by atoms with Gasteiger partial charge in [0.1, 0.15) is 5.75 Å². The summed E-state index contributed by atoms with van der Waals surface area (Å²) in [6.07, 6.45) is 1.64. The van der Waals surface area contributed by atoms with Gasteiger partial charge in [0.2, 0.25) is 17.7 Å². The highest BCUT2D eigenvalue weighted by Gasteiger charge is 2.11. The van der Waals surface area contributed by atoms with Gasteiger partial charge < -0.3 is 19.4 Å². The van der Waals surface area contributed by atoms with Gasteiger partial charge in [-0.2, -0.15) is 11.3 Å². The van der Waals surface area contributed by atoms with Crippen LogP contribution in [0.25, 0.3) is 11.5 Å². The van der Waals surface area contributed by atoms with E-state index < -0.39 is 0 Å². The second-order valence-corrected chi connectivity index (χ2v) is 7.37. The van der Waals surface area contributed by atoms with Crippen LogP contribution in [0.4, 0.5) is 5.69 Å². The first-order chi connectivity index (χ1) is 13.6. The largest absolute Gasteiger partial charge is 0.494 e. The van der Waals surface area contributed by atoms with E-state index in [0.29, 0.717) is 24.8 Å². The Balaban J connectivity index is 1.41. The number of aromatic nitrogens is 2. The second kappa shape index (κ2) is 10.0. The number of ether oxygens (including phenoxy) is 1. The van der Waals surface area contributed by atoms with Gasteiger partial charge in [-0.05, 0) is 56.2 Å². The molecule has 28 heavy (non-hydrogen) atoms. The Labute approximate surface area is 168 Å². The third-order valence-electron chi connectivity index (χ3n) is 3.96. The molecule has 1 N–H and O–H groups in total. The lowest BCUT2D eigenvalue weighted by atomic mass is 10.2. The first-order valence-electron chi connectivity index (χ1n) is 9.12. The van der Waals surface area contributed by atoms with Crippen LogP contribution < -0.4 is 10.1 Å². The smallest absolute Gasteiger partial charge is 0.248 e. The van der Waals surface area contributed by atoms with Gasteiger partial charge in [0.05, 0.1) is 6.61 Å². The molecule has 0 aliphatic heterocycles. The zero-order valence-electron chi connectivity index (χ0n) is 16.1. The van der Waals surface area contributed by atoms with Crippen LogP contribution in [0.5, 0.6) is 5.75 Å². The lowest BCUT2D eigenvalue weighted by molar-refractivity contribution is -0.116. The van der Waals surface area contributed by atoms with Gasteiger partial charge in [0, 0.05) is 36.0 Å². The number of rotatable bonds is 10. The maximum absolute atomic E-state index is 12.1. The number of aryl methyl sites for hydroxylation is 1. The van der Waals surface area contributed by atoms with Gasteiger partial charge in [-0.25, -0.2) is 0 Å². The van der Waals surface area contributed by atoms with Gasteiger partial charge in [0.25, 0.3) is 0 Å². The van der Waals surface area contributed by atoms with Gasteiger partial charge in [-0.3, -0.25) is 4.79 Å². The Bertz CT molecular complexity index is 860. The molecule has 0 fully saturated rings. The molecule has 2 heterocycles. The van der Waals surface area contributed by atoms with Gasteiger partial charge in [0.15, 0.2) is 0 Å². The molecule has 0 atom stereocenters. The van der Waals surface area contributed by atoms with Crippen LogP contribution >= 0.6 is 11.3 Å². The average Bonchev–Trinajstić information content (AvgIpc) is 3.36. The molecule has 0 saturated heterocycles. The van der Waals surface area contributed by atoms with Crippen molar-refractivity contribution in [2.75, 3.05) is 32.6 Å². The summed E-state index contributed by atoms with van der Waals surface area (Å²) in [5.41, 5.74) is 1.63. The van der Waals surface area contributed by atoms with Crippen LogP contribution in [0.1, 0.15) is 18.7 Å². The fourth-order valence-electron chi connectivity index (χ4n) is 2.51. The Kier molecular flexibility index (Phi) is 7.16. The number of nitrogens with one attached hydrogen (secondary N) is 1. The van der Waals surface area contributed by atoms with E-state index in [4.69, 9.17) is 9.15 Å². The molecule has 3 aromatic rings. The second-order valence-electron chi connectivity index (χ2n) is 6.59. The summed E-state index contributed by atoms with van der Waals surface area (Å²) >= 11 is 1.57. The summed E-state index contributed by atoms with van der Waals surface area (Å²) in [5, 5.41) is 14.8. The van der Waals surface area contributed by atoms with Gasteiger partial charge >= 0.3 is 0 Å². The van der Waals surface area contributed by atoms with Crippen LogP contribution in [-0.2, 0) is 11.2 Å². The molecule has 0 spiro atoms. The van der Waals surface area contributed by atoms with Crippen molar-refractivity contribution in [3.63, 3.8) is 0 Å². The monoisotopic (exact) mass is 400 g/mol. The summed E-state index contributed by atoms with van der Waals surface area (Å²) < 4.78 is 11.3. The molecule has 1 amide bonds. The van der Waals surface area contributed by atoms with E-state index in [2.05, 4.69) is 20.4 Å². The van der Waals surface area contributed by atoms with Crippen molar-refractivity contribution < 1.29 is 13.9 Å². The summed E-state index contributed by atoms with van der Waals surface area (Å²) in [4.78, 5) is 14.3. The predicted molar refractivity (Wildman–Crippen MR) is 110 cm³/mol. The van der Waals surface area contributed by atoms with E-state index in [0.717, 1.165) is 30.0 Å². The molecule has 0 radical (unpaired) electrons. The van der Waals surface area contributed by atoms with E-state index in [1.807, 2.05) is 55.2 Å². The van der Waals surface area contributed by atoms with Crippen LogP contribution in [-0.4, -0.2) is 48.3 Å².